The Morgan fingerprint density at radius 2 is 2.12 bits per heavy atom. The van der Waals surface area contributed by atoms with Crippen molar-refractivity contribution in [3.8, 4) is 0 Å². The van der Waals surface area contributed by atoms with E-state index in [1.807, 2.05) is 0 Å². The second-order valence-electron chi connectivity index (χ2n) is 4.23. The van der Waals surface area contributed by atoms with E-state index in [2.05, 4.69) is 4.98 Å². The molecule has 4 nitrogen and oxygen atoms in total. The van der Waals surface area contributed by atoms with Crippen molar-refractivity contribution in [2.75, 3.05) is 0 Å². The fraction of sp³-hybridized carbons (Fsp3) is 0.273. The molecule has 88 valence electrons. The van der Waals surface area contributed by atoms with Crippen LogP contribution in [0.1, 0.15) is 18.5 Å². The zero-order chi connectivity index (χ0) is 12.3. The van der Waals surface area contributed by atoms with Crippen LogP contribution in [0.5, 0.6) is 0 Å². The first-order chi connectivity index (χ1) is 8.00. The van der Waals surface area contributed by atoms with Crippen molar-refractivity contribution >= 4 is 10.9 Å². The van der Waals surface area contributed by atoms with Gasteiger partial charge in [0.05, 0.1) is 10.9 Å². The van der Waals surface area contributed by atoms with E-state index in [1.54, 1.807) is 6.92 Å². The average molecular weight is 238 g/mol. The van der Waals surface area contributed by atoms with E-state index < -0.39 is 22.9 Å². The molecule has 1 unspecified atom stereocenters. The summed E-state index contributed by atoms with van der Waals surface area (Å²) in [6.07, 6.45) is 0.215. The number of H-pyrrole nitrogens is 1. The molecule has 1 atom stereocenters. The van der Waals surface area contributed by atoms with Crippen molar-refractivity contribution in [2.45, 2.75) is 19.4 Å². The van der Waals surface area contributed by atoms with E-state index in [4.69, 9.17) is 0 Å². The number of nitrogens with zero attached hydrogens (tertiary/aromatic N) is 1. The quantitative estimate of drug-likeness (QED) is 0.746. The van der Waals surface area contributed by atoms with Gasteiger partial charge in [0.15, 0.2) is 11.6 Å². The third-order valence-electron chi connectivity index (χ3n) is 3.15. The van der Waals surface area contributed by atoms with Crippen molar-refractivity contribution in [1.82, 2.24) is 9.55 Å². The van der Waals surface area contributed by atoms with Crippen LogP contribution in [0.15, 0.2) is 15.7 Å². The second-order valence-corrected chi connectivity index (χ2v) is 4.23. The highest BCUT2D eigenvalue weighted by Crippen LogP contribution is 2.31. The van der Waals surface area contributed by atoms with Gasteiger partial charge in [0.1, 0.15) is 0 Å². The number of nitrogens with one attached hydrogen (secondary N) is 1. The molecule has 3 rings (SSSR count). The van der Waals surface area contributed by atoms with Crippen molar-refractivity contribution in [2.24, 2.45) is 0 Å². The first kappa shape index (κ1) is 10.2. The first-order valence-electron chi connectivity index (χ1n) is 5.16. The molecule has 0 spiro atoms. The fourth-order valence-corrected chi connectivity index (χ4v) is 2.44. The van der Waals surface area contributed by atoms with Gasteiger partial charge < -0.3 is 0 Å². The zero-order valence-electron chi connectivity index (χ0n) is 8.88. The normalized spacial score (nSPS) is 17.9. The van der Waals surface area contributed by atoms with Gasteiger partial charge in [-0.1, -0.05) is 0 Å². The van der Waals surface area contributed by atoms with Crippen LogP contribution in [-0.2, 0) is 6.42 Å². The largest absolute Gasteiger partial charge is 0.329 e. The molecular weight excluding hydrogens is 230 g/mol. The predicted octanol–water partition coefficient (Wildman–Crippen LogP) is 1.09. The number of benzene rings is 1. The molecule has 17 heavy (non-hydrogen) atoms. The minimum atomic E-state index is -1.06. The van der Waals surface area contributed by atoms with Crippen LogP contribution in [0.25, 0.3) is 10.9 Å². The highest BCUT2D eigenvalue weighted by Gasteiger charge is 2.28. The van der Waals surface area contributed by atoms with Crippen LogP contribution in [0.4, 0.5) is 8.78 Å². The van der Waals surface area contributed by atoms with E-state index in [9.17, 15) is 18.4 Å². The molecule has 0 radical (unpaired) electrons. The number of aromatic nitrogens is 2. The Kier molecular flexibility index (Phi) is 1.81. The molecular formula is C11H8F2N2O2. The maximum atomic E-state index is 13.6. The Morgan fingerprint density at radius 3 is 2.82 bits per heavy atom. The number of aromatic amines is 1. The summed E-state index contributed by atoms with van der Waals surface area (Å²) in [6, 6.07) is 0.550. The summed E-state index contributed by atoms with van der Waals surface area (Å²) < 4.78 is 28.2. The molecule has 1 aliphatic rings. The van der Waals surface area contributed by atoms with Crippen molar-refractivity contribution in [3.05, 3.63) is 44.1 Å². The lowest BCUT2D eigenvalue weighted by atomic mass is 10.1. The highest BCUT2D eigenvalue weighted by molar-refractivity contribution is 5.83. The lowest BCUT2D eigenvalue weighted by Gasteiger charge is -2.07. The molecule has 0 saturated carbocycles. The molecule has 0 saturated heterocycles. The SMILES string of the molecule is CC1Cc2c(F)c(F)cc3c(=O)[nH]c(=O)n1c23. The average Bonchev–Trinajstić information content (AvgIpc) is 2.60. The summed E-state index contributed by atoms with van der Waals surface area (Å²) in [4.78, 5) is 25.3. The number of halogens is 2. The van der Waals surface area contributed by atoms with Crippen LogP contribution in [0, 0.1) is 11.6 Å². The molecule has 2 aromatic rings. The van der Waals surface area contributed by atoms with E-state index >= 15 is 0 Å². The lowest BCUT2D eigenvalue weighted by molar-refractivity contribution is 0.496. The van der Waals surface area contributed by atoms with Gasteiger partial charge >= 0.3 is 5.69 Å². The monoisotopic (exact) mass is 238 g/mol. The number of hydrogen-bond donors (Lipinski definition) is 1. The van der Waals surface area contributed by atoms with Crippen LogP contribution >= 0.6 is 0 Å². The van der Waals surface area contributed by atoms with E-state index in [1.165, 1.54) is 4.57 Å². The van der Waals surface area contributed by atoms with Gasteiger partial charge in [0.2, 0.25) is 0 Å². The molecule has 0 aliphatic carbocycles. The van der Waals surface area contributed by atoms with Gasteiger partial charge in [-0.15, -0.1) is 0 Å². The third-order valence-corrected chi connectivity index (χ3v) is 3.15. The standard InChI is InChI=1S/C11H8F2N2O2/c1-4-2-5-8(13)7(12)3-6-9(5)15(4)11(17)14-10(6)16/h3-4H,2H2,1H3,(H,14,16,17). The summed E-state index contributed by atoms with van der Waals surface area (Å²) >= 11 is 0. The summed E-state index contributed by atoms with van der Waals surface area (Å²) in [5.41, 5.74) is -0.948. The van der Waals surface area contributed by atoms with E-state index in [-0.39, 0.29) is 28.9 Å². The van der Waals surface area contributed by atoms with Crippen molar-refractivity contribution < 1.29 is 8.78 Å². The summed E-state index contributed by atoms with van der Waals surface area (Å²) in [5.74, 6) is -2.03. The van der Waals surface area contributed by atoms with Gasteiger partial charge in [0, 0.05) is 11.6 Å². The van der Waals surface area contributed by atoms with Crippen molar-refractivity contribution in [3.63, 3.8) is 0 Å². The second kappa shape index (κ2) is 3.03. The van der Waals surface area contributed by atoms with Crippen LogP contribution in [0.2, 0.25) is 0 Å². The predicted molar refractivity (Wildman–Crippen MR) is 57.2 cm³/mol. The Hall–Kier alpha value is -1.98. The topological polar surface area (TPSA) is 54.9 Å². The molecule has 1 aromatic carbocycles. The Bertz CT molecular complexity index is 761. The van der Waals surface area contributed by atoms with E-state index in [0.717, 1.165) is 6.07 Å². The summed E-state index contributed by atoms with van der Waals surface area (Å²) in [6.45, 7) is 1.72. The fourth-order valence-electron chi connectivity index (χ4n) is 2.44. The minimum absolute atomic E-state index is 0.0165. The summed E-state index contributed by atoms with van der Waals surface area (Å²) in [5, 5.41) is 0.0165. The first-order valence-corrected chi connectivity index (χ1v) is 5.16. The van der Waals surface area contributed by atoms with Gasteiger partial charge in [-0.3, -0.25) is 14.3 Å². The lowest BCUT2D eigenvalue weighted by Crippen LogP contribution is -2.30. The van der Waals surface area contributed by atoms with Crippen LogP contribution < -0.4 is 11.2 Å². The zero-order valence-corrected chi connectivity index (χ0v) is 8.88. The molecule has 6 heteroatoms. The molecule has 2 heterocycles. The maximum absolute atomic E-state index is 13.6. The molecule has 0 fully saturated rings. The number of hydrogen-bond acceptors (Lipinski definition) is 2. The Labute approximate surface area is 93.5 Å². The van der Waals surface area contributed by atoms with Gasteiger partial charge in [-0.25, -0.2) is 13.6 Å². The van der Waals surface area contributed by atoms with Gasteiger partial charge in [0.25, 0.3) is 5.56 Å². The van der Waals surface area contributed by atoms with E-state index in [0.29, 0.717) is 0 Å². The molecule has 1 aliphatic heterocycles. The minimum Gasteiger partial charge on any atom is -0.290 e. The Balaban J connectivity index is 2.67. The number of rotatable bonds is 0. The third kappa shape index (κ3) is 1.15. The summed E-state index contributed by atoms with van der Waals surface area (Å²) in [7, 11) is 0. The molecule has 0 amide bonds. The van der Waals surface area contributed by atoms with Crippen molar-refractivity contribution in [1.29, 1.82) is 0 Å². The van der Waals surface area contributed by atoms with Crippen LogP contribution in [0.3, 0.4) is 0 Å². The smallest absolute Gasteiger partial charge is 0.290 e. The van der Waals surface area contributed by atoms with Gasteiger partial charge in [-0.2, -0.15) is 0 Å². The van der Waals surface area contributed by atoms with Crippen LogP contribution in [-0.4, -0.2) is 9.55 Å². The maximum Gasteiger partial charge on any atom is 0.329 e. The Morgan fingerprint density at radius 1 is 1.41 bits per heavy atom. The van der Waals surface area contributed by atoms with Gasteiger partial charge in [-0.05, 0) is 19.4 Å². The molecule has 1 aromatic heterocycles. The molecule has 1 N–H and O–H groups in total. The molecule has 0 bridgehead atoms. The highest BCUT2D eigenvalue weighted by atomic mass is 19.2.